The number of amides is 1. The van der Waals surface area contributed by atoms with Crippen molar-refractivity contribution >= 4 is 23.4 Å². The molecule has 2 rings (SSSR count). The lowest BCUT2D eigenvalue weighted by molar-refractivity contribution is 0.0871. The molecular formula is C10H11N3OS. The van der Waals surface area contributed by atoms with Crippen LogP contribution in [0.2, 0.25) is 0 Å². The van der Waals surface area contributed by atoms with E-state index in [-0.39, 0.29) is 12.1 Å². The normalized spacial score (nSPS) is 20.5. The molecule has 1 aliphatic rings. The maximum Gasteiger partial charge on any atom is 0.266 e. The minimum Gasteiger partial charge on any atom is -0.273 e. The number of rotatable bonds is 2. The topological polar surface area (TPSA) is 44.7 Å². The summed E-state index contributed by atoms with van der Waals surface area (Å²) in [5.41, 5.74) is 5.15. The lowest BCUT2D eigenvalue weighted by Gasteiger charge is -2.18. The maximum atomic E-state index is 11.7. The highest BCUT2D eigenvalue weighted by molar-refractivity contribution is 8.10. The van der Waals surface area contributed by atoms with E-state index in [0.717, 1.165) is 0 Å². The van der Waals surface area contributed by atoms with Gasteiger partial charge in [0.2, 0.25) is 0 Å². The van der Waals surface area contributed by atoms with Gasteiger partial charge < -0.3 is 0 Å². The van der Waals surface area contributed by atoms with Gasteiger partial charge in [-0.05, 0) is 31.0 Å². The van der Waals surface area contributed by atoms with E-state index in [9.17, 15) is 4.79 Å². The van der Waals surface area contributed by atoms with Crippen LogP contribution in [-0.4, -0.2) is 22.0 Å². The van der Waals surface area contributed by atoms with Crippen molar-refractivity contribution in [3.8, 4) is 0 Å². The van der Waals surface area contributed by atoms with E-state index in [2.05, 4.69) is 10.4 Å². The lowest BCUT2D eigenvalue weighted by Crippen LogP contribution is -2.40. The fraction of sp³-hybridized carbons (Fsp3) is 0.200. The first-order valence-electron chi connectivity index (χ1n) is 4.61. The minimum atomic E-state index is -0.111. The summed E-state index contributed by atoms with van der Waals surface area (Å²) in [6, 6.07) is 9.12. The Morgan fingerprint density at radius 2 is 2.20 bits per heavy atom. The molecule has 0 saturated carbocycles. The lowest BCUT2D eigenvalue weighted by atomic mass is 10.2. The van der Waals surface area contributed by atoms with Crippen molar-refractivity contribution in [3.63, 3.8) is 0 Å². The van der Waals surface area contributed by atoms with Crippen LogP contribution in [0.25, 0.3) is 0 Å². The number of aliphatic imine (C=N–C) groups is 1. The molecule has 0 aromatic heterocycles. The number of hydrogen-bond donors (Lipinski definition) is 1. The van der Waals surface area contributed by atoms with Crippen molar-refractivity contribution in [2.45, 2.75) is 13.1 Å². The largest absolute Gasteiger partial charge is 0.273 e. The highest BCUT2D eigenvalue weighted by atomic mass is 32.2. The van der Waals surface area contributed by atoms with Gasteiger partial charge in [-0.1, -0.05) is 18.2 Å². The van der Waals surface area contributed by atoms with Crippen molar-refractivity contribution in [1.29, 1.82) is 0 Å². The van der Waals surface area contributed by atoms with Crippen LogP contribution in [0.3, 0.4) is 0 Å². The van der Waals surface area contributed by atoms with Crippen molar-refractivity contribution in [2.24, 2.45) is 4.99 Å². The molecule has 15 heavy (non-hydrogen) atoms. The molecule has 1 aromatic rings. The number of hydrogen-bond acceptors (Lipinski definition) is 4. The average molecular weight is 221 g/mol. The highest BCUT2D eigenvalue weighted by Gasteiger charge is 2.19. The van der Waals surface area contributed by atoms with Gasteiger partial charge in [-0.25, -0.2) is 0 Å². The molecule has 0 radical (unpaired) electrons. The molecule has 0 bridgehead atoms. The predicted molar refractivity (Wildman–Crippen MR) is 61.3 cm³/mol. The summed E-state index contributed by atoms with van der Waals surface area (Å²) in [7, 11) is 0. The van der Waals surface area contributed by atoms with Crippen LogP contribution >= 0.6 is 11.9 Å². The van der Waals surface area contributed by atoms with E-state index in [0.29, 0.717) is 5.56 Å². The van der Waals surface area contributed by atoms with E-state index in [1.165, 1.54) is 11.9 Å². The number of nitrogens with zero attached hydrogens (tertiary/aromatic N) is 2. The molecule has 1 aromatic carbocycles. The van der Waals surface area contributed by atoms with Gasteiger partial charge in [-0.15, -0.1) is 4.41 Å². The van der Waals surface area contributed by atoms with Crippen LogP contribution in [-0.2, 0) is 0 Å². The van der Waals surface area contributed by atoms with E-state index < -0.39 is 0 Å². The zero-order valence-corrected chi connectivity index (χ0v) is 9.07. The van der Waals surface area contributed by atoms with Gasteiger partial charge in [0.05, 0.1) is 5.55 Å². The van der Waals surface area contributed by atoms with E-state index >= 15 is 0 Å². The van der Waals surface area contributed by atoms with Crippen molar-refractivity contribution in [2.75, 3.05) is 0 Å². The first-order valence-corrected chi connectivity index (χ1v) is 5.45. The Kier molecular flexibility index (Phi) is 3.03. The van der Waals surface area contributed by atoms with Crippen LogP contribution in [0.1, 0.15) is 17.3 Å². The zero-order chi connectivity index (χ0) is 10.7. The smallest absolute Gasteiger partial charge is 0.266 e. The summed E-state index contributed by atoms with van der Waals surface area (Å²) in [5, 5.41) is 0. The quantitative estimate of drug-likeness (QED) is 0.773. The van der Waals surface area contributed by atoms with Crippen LogP contribution < -0.4 is 5.43 Å². The fourth-order valence-electron chi connectivity index (χ4n) is 1.19. The Balaban J connectivity index is 1.99. The third kappa shape index (κ3) is 2.37. The summed E-state index contributed by atoms with van der Waals surface area (Å²) in [6.07, 6.45) is -0.0114. The van der Waals surface area contributed by atoms with Crippen LogP contribution in [0, 0.1) is 0 Å². The molecule has 5 heteroatoms. The molecule has 1 amide bonds. The molecule has 1 N–H and O–H groups in total. The first-order chi connectivity index (χ1) is 7.27. The summed E-state index contributed by atoms with van der Waals surface area (Å²) >= 11 is 1.38. The molecule has 78 valence electrons. The standard InChI is InChI=1S/C10H11N3OS/c1-8-11-7-15-13(8)12-10(14)9-5-3-2-4-6-9/h2-8H,1H3,(H,12,14). The van der Waals surface area contributed by atoms with Crippen molar-refractivity contribution in [3.05, 3.63) is 35.9 Å². The number of hydrazine groups is 1. The highest BCUT2D eigenvalue weighted by Crippen LogP contribution is 2.16. The van der Waals surface area contributed by atoms with Crippen LogP contribution in [0.5, 0.6) is 0 Å². The molecule has 1 aliphatic heterocycles. The minimum absolute atomic E-state index is 0.0114. The van der Waals surface area contributed by atoms with Gasteiger partial charge in [0.25, 0.3) is 5.91 Å². The van der Waals surface area contributed by atoms with Crippen molar-refractivity contribution < 1.29 is 4.79 Å². The second-order valence-corrected chi connectivity index (χ2v) is 3.94. The van der Waals surface area contributed by atoms with Crippen molar-refractivity contribution in [1.82, 2.24) is 9.84 Å². The monoisotopic (exact) mass is 221 g/mol. The zero-order valence-electron chi connectivity index (χ0n) is 8.25. The Morgan fingerprint density at radius 1 is 1.47 bits per heavy atom. The van der Waals surface area contributed by atoms with Gasteiger partial charge in [0.1, 0.15) is 6.17 Å². The second kappa shape index (κ2) is 4.46. The van der Waals surface area contributed by atoms with E-state index in [1.54, 1.807) is 22.1 Å². The van der Waals surface area contributed by atoms with E-state index in [1.807, 2.05) is 25.1 Å². The molecule has 1 atom stereocenters. The summed E-state index contributed by atoms with van der Waals surface area (Å²) < 4.78 is 1.72. The van der Waals surface area contributed by atoms with Gasteiger partial charge in [0, 0.05) is 5.56 Å². The molecular weight excluding hydrogens is 210 g/mol. The Hall–Kier alpha value is -1.33. The number of carbonyl (C=O) groups excluding carboxylic acids is 1. The SMILES string of the molecule is CC1N=CSN1NC(=O)c1ccccc1. The molecule has 0 spiro atoms. The third-order valence-electron chi connectivity index (χ3n) is 2.02. The molecule has 0 fully saturated rings. The maximum absolute atomic E-state index is 11.7. The molecule has 1 heterocycles. The van der Waals surface area contributed by atoms with Gasteiger partial charge >= 0.3 is 0 Å². The summed E-state index contributed by atoms with van der Waals surface area (Å²) in [4.78, 5) is 15.8. The Labute approximate surface area is 92.5 Å². The fourth-order valence-corrected chi connectivity index (χ4v) is 1.89. The van der Waals surface area contributed by atoms with Gasteiger partial charge in [-0.2, -0.15) is 0 Å². The Bertz CT molecular complexity index is 380. The molecule has 4 nitrogen and oxygen atoms in total. The predicted octanol–water partition coefficient (Wildman–Crippen LogP) is 1.67. The molecule has 0 aliphatic carbocycles. The average Bonchev–Trinajstić information content (AvgIpc) is 2.66. The number of carbonyl (C=O) groups is 1. The summed E-state index contributed by atoms with van der Waals surface area (Å²) in [5.74, 6) is -0.111. The second-order valence-electron chi connectivity index (χ2n) is 3.12. The van der Waals surface area contributed by atoms with Gasteiger partial charge in [-0.3, -0.25) is 15.2 Å². The van der Waals surface area contributed by atoms with Gasteiger partial charge in [0.15, 0.2) is 0 Å². The van der Waals surface area contributed by atoms with Crippen LogP contribution in [0.4, 0.5) is 0 Å². The number of nitrogens with one attached hydrogen (secondary N) is 1. The van der Waals surface area contributed by atoms with E-state index in [4.69, 9.17) is 0 Å². The Morgan fingerprint density at radius 3 is 2.80 bits per heavy atom. The number of benzene rings is 1. The third-order valence-corrected chi connectivity index (χ3v) is 2.86. The van der Waals surface area contributed by atoms with Crippen LogP contribution in [0.15, 0.2) is 35.3 Å². The first kappa shape index (κ1) is 10.2. The molecule has 0 saturated heterocycles. The summed E-state index contributed by atoms with van der Waals surface area (Å²) in [6.45, 7) is 1.92. The molecule has 1 unspecified atom stereocenters.